The molecule has 1 saturated carbocycles. The van der Waals surface area contributed by atoms with E-state index < -0.39 is 0 Å². The maximum absolute atomic E-state index is 4.00. The zero-order chi connectivity index (χ0) is 28.5. The molecule has 1 heterocycles. The van der Waals surface area contributed by atoms with E-state index in [4.69, 9.17) is 0 Å². The topological polar surface area (TPSA) is 19.0 Å². The van der Waals surface area contributed by atoms with E-state index in [1.54, 1.807) is 0 Å². The third kappa shape index (κ3) is 10.9. The summed E-state index contributed by atoms with van der Waals surface area (Å²) in [5, 5.41) is 1.25. The van der Waals surface area contributed by atoms with E-state index in [1.807, 2.05) is 6.20 Å². The van der Waals surface area contributed by atoms with Crippen LogP contribution in [0.5, 0.6) is 0 Å². The molecular weight excluding hydrogens is 472 g/mol. The highest BCUT2D eigenvalue weighted by Gasteiger charge is 2.10. The molecule has 2 aromatic carbocycles. The van der Waals surface area contributed by atoms with Crippen LogP contribution in [0, 0.1) is 5.92 Å². The molecule has 0 bridgehead atoms. The predicted molar refractivity (Wildman–Crippen MR) is 177 cm³/mol. The number of nitrogens with zero attached hydrogens (tertiary/aromatic N) is 1. The van der Waals surface area contributed by atoms with Gasteiger partial charge in [0.15, 0.2) is 0 Å². The molecule has 0 radical (unpaired) electrons. The smallest absolute Gasteiger partial charge is 0.0460 e. The summed E-state index contributed by atoms with van der Waals surface area (Å²) in [7, 11) is 0. The van der Waals surface area contributed by atoms with E-state index in [0.29, 0.717) is 0 Å². The number of rotatable bonds is 11. The van der Waals surface area contributed by atoms with Gasteiger partial charge in [-0.2, -0.15) is 0 Å². The Morgan fingerprint density at radius 1 is 0.897 bits per heavy atom. The number of aromatic nitrogens is 1. The van der Waals surface area contributed by atoms with E-state index >= 15 is 0 Å². The van der Waals surface area contributed by atoms with E-state index in [9.17, 15) is 0 Å². The van der Waals surface area contributed by atoms with Gasteiger partial charge in [-0.3, -0.25) is 0 Å². The zero-order valence-corrected chi connectivity index (χ0v) is 25.4. The second kappa shape index (κ2) is 18.3. The third-order valence-electron chi connectivity index (χ3n) is 7.95. The molecule has 1 fully saturated rings. The van der Waals surface area contributed by atoms with Crippen molar-refractivity contribution in [1.82, 2.24) is 4.98 Å². The van der Waals surface area contributed by atoms with Crippen LogP contribution in [0.3, 0.4) is 0 Å². The van der Waals surface area contributed by atoms with Crippen molar-refractivity contribution in [3.63, 3.8) is 0 Å². The van der Waals surface area contributed by atoms with Crippen LogP contribution >= 0.6 is 0 Å². The quantitative estimate of drug-likeness (QED) is 0.194. The molecule has 4 rings (SSSR count). The van der Waals surface area contributed by atoms with E-state index in [1.165, 1.54) is 103 Å². The van der Waals surface area contributed by atoms with Gasteiger partial charge in [-0.15, -0.1) is 19.7 Å². The van der Waals surface area contributed by atoms with Gasteiger partial charge in [-0.1, -0.05) is 94.2 Å². The molecule has 0 saturated heterocycles. The Labute approximate surface area is 239 Å². The van der Waals surface area contributed by atoms with Gasteiger partial charge in [0.2, 0.25) is 0 Å². The molecule has 2 heteroatoms. The number of anilines is 1. The van der Waals surface area contributed by atoms with Crippen LogP contribution in [0.4, 0.5) is 5.69 Å². The first kappa shape index (κ1) is 32.2. The van der Waals surface area contributed by atoms with Crippen LogP contribution in [0.25, 0.3) is 22.0 Å². The summed E-state index contributed by atoms with van der Waals surface area (Å²) in [5.41, 5.74) is 7.57. The number of allylic oxidation sites excluding steroid dienone is 3. The van der Waals surface area contributed by atoms with Crippen molar-refractivity contribution in [2.24, 2.45) is 5.92 Å². The Hall–Kier alpha value is -3.00. The van der Waals surface area contributed by atoms with Crippen LogP contribution in [0.2, 0.25) is 0 Å². The van der Waals surface area contributed by atoms with Gasteiger partial charge >= 0.3 is 0 Å². The number of nitrogens with one attached hydrogen (secondary N) is 1. The van der Waals surface area contributed by atoms with Crippen LogP contribution in [-0.2, 0) is 0 Å². The lowest BCUT2D eigenvalue weighted by Gasteiger charge is -2.26. The molecule has 1 aromatic heterocycles. The maximum atomic E-state index is 4.00. The van der Waals surface area contributed by atoms with Gasteiger partial charge in [0.25, 0.3) is 0 Å². The van der Waals surface area contributed by atoms with Crippen molar-refractivity contribution in [3.8, 4) is 11.1 Å². The standard InChI is InChI=1S/C27H34N2.C8H16.C2H4/c1-5-22(4)29(19-9-7-6-8-10-21(2)3)26-15-13-23(14-16-26)25-12-11-24-17-18-28-27(24)20-25;1-2-8-6-4-3-5-7-8;1-2/h5,11-18,20,28H,2,6-10,19H2,1,3-4H3;8H,2-7H2,1H3;1-2H2/b22-5-;;. The number of benzene rings is 2. The summed E-state index contributed by atoms with van der Waals surface area (Å²) in [6, 6.07) is 17.7. The minimum atomic E-state index is 1.07. The highest BCUT2D eigenvalue weighted by molar-refractivity contribution is 5.85. The molecular formula is C37H54N2. The number of hydrogen-bond donors (Lipinski definition) is 1. The highest BCUT2D eigenvalue weighted by Crippen LogP contribution is 2.28. The van der Waals surface area contributed by atoms with E-state index in [2.05, 4.69) is 112 Å². The van der Waals surface area contributed by atoms with Crippen molar-refractivity contribution < 1.29 is 0 Å². The first-order valence-corrected chi connectivity index (χ1v) is 15.2. The summed E-state index contributed by atoms with van der Waals surface area (Å²) in [5.74, 6) is 1.09. The SMILES string of the molecule is C=C.C=C(C)CCCCCCN(/C(C)=C\C)c1ccc(-c2ccc3cc[nH]c3c2)cc1.CCC1CCCCC1. The first-order chi connectivity index (χ1) is 19.0. The van der Waals surface area contributed by atoms with Crippen molar-refractivity contribution >= 4 is 16.6 Å². The molecule has 1 N–H and O–H groups in total. The summed E-state index contributed by atoms with van der Waals surface area (Å²) in [6.45, 7) is 19.8. The average Bonchev–Trinajstić information content (AvgIpc) is 3.46. The minimum absolute atomic E-state index is 1.07. The molecule has 2 nitrogen and oxygen atoms in total. The Kier molecular flexibility index (Phi) is 15.1. The molecule has 0 spiro atoms. The van der Waals surface area contributed by atoms with Gasteiger partial charge in [0.05, 0.1) is 0 Å². The lowest BCUT2D eigenvalue weighted by Crippen LogP contribution is -2.22. The molecule has 3 aromatic rings. The minimum Gasteiger partial charge on any atom is -0.361 e. The van der Waals surface area contributed by atoms with Gasteiger partial charge in [0, 0.05) is 29.6 Å². The summed E-state index contributed by atoms with van der Waals surface area (Å²) in [6.07, 6.45) is 19.3. The van der Waals surface area contributed by atoms with Crippen molar-refractivity contribution in [3.05, 3.63) is 91.8 Å². The lowest BCUT2D eigenvalue weighted by molar-refractivity contribution is 0.349. The van der Waals surface area contributed by atoms with Gasteiger partial charge in [-0.05, 0) is 86.7 Å². The normalized spacial score (nSPS) is 13.7. The zero-order valence-electron chi connectivity index (χ0n) is 25.4. The Balaban J connectivity index is 0.000000451. The molecule has 0 unspecified atom stereocenters. The third-order valence-corrected chi connectivity index (χ3v) is 7.95. The summed E-state index contributed by atoms with van der Waals surface area (Å²) >= 11 is 0. The Morgan fingerprint density at radius 3 is 2.18 bits per heavy atom. The molecule has 1 aliphatic carbocycles. The first-order valence-electron chi connectivity index (χ1n) is 15.2. The van der Waals surface area contributed by atoms with Crippen LogP contribution in [-0.4, -0.2) is 11.5 Å². The van der Waals surface area contributed by atoms with Crippen molar-refractivity contribution in [2.75, 3.05) is 11.4 Å². The molecule has 0 amide bonds. The summed E-state index contributed by atoms with van der Waals surface area (Å²) in [4.78, 5) is 5.75. The Bertz CT molecular complexity index is 1110. The maximum Gasteiger partial charge on any atom is 0.0460 e. The Morgan fingerprint density at radius 2 is 1.56 bits per heavy atom. The second-order valence-electron chi connectivity index (χ2n) is 10.9. The van der Waals surface area contributed by atoms with E-state index in [-0.39, 0.29) is 0 Å². The van der Waals surface area contributed by atoms with Crippen LogP contribution < -0.4 is 4.90 Å². The fourth-order valence-electron chi connectivity index (χ4n) is 5.37. The lowest BCUT2D eigenvalue weighted by atomic mass is 9.88. The number of unbranched alkanes of at least 4 members (excludes halogenated alkanes) is 3. The van der Waals surface area contributed by atoms with Gasteiger partial charge in [0.1, 0.15) is 0 Å². The number of hydrogen-bond acceptors (Lipinski definition) is 1. The highest BCUT2D eigenvalue weighted by atomic mass is 15.1. The predicted octanol–water partition coefficient (Wildman–Crippen LogP) is 11.9. The van der Waals surface area contributed by atoms with Crippen molar-refractivity contribution in [1.29, 1.82) is 0 Å². The van der Waals surface area contributed by atoms with Crippen LogP contribution in [0.15, 0.2) is 91.8 Å². The summed E-state index contributed by atoms with van der Waals surface area (Å²) < 4.78 is 0. The van der Waals surface area contributed by atoms with Gasteiger partial charge < -0.3 is 9.88 Å². The monoisotopic (exact) mass is 526 g/mol. The molecule has 212 valence electrons. The fraction of sp³-hybridized carbons (Fsp3) is 0.459. The molecule has 0 aliphatic heterocycles. The van der Waals surface area contributed by atoms with Crippen LogP contribution in [0.1, 0.15) is 98.3 Å². The van der Waals surface area contributed by atoms with Gasteiger partial charge in [-0.25, -0.2) is 0 Å². The largest absolute Gasteiger partial charge is 0.361 e. The fourth-order valence-corrected chi connectivity index (χ4v) is 5.37. The molecule has 1 aliphatic rings. The number of H-pyrrole nitrogens is 1. The molecule has 0 atom stereocenters. The van der Waals surface area contributed by atoms with Crippen molar-refractivity contribution in [2.45, 2.75) is 98.3 Å². The molecule has 39 heavy (non-hydrogen) atoms. The second-order valence-corrected chi connectivity index (χ2v) is 10.9. The average molecular weight is 527 g/mol. The number of aromatic amines is 1. The van der Waals surface area contributed by atoms with E-state index in [0.717, 1.165) is 18.9 Å². The number of fused-ring (bicyclic) bond motifs is 1.